The second kappa shape index (κ2) is 7.50. The van der Waals surface area contributed by atoms with Crippen LogP contribution < -0.4 is 0 Å². The fraction of sp³-hybridized carbons (Fsp3) is 0.438. The highest BCUT2D eigenvalue weighted by molar-refractivity contribution is 7.86. The summed E-state index contributed by atoms with van der Waals surface area (Å²) in [5.74, 6) is -1.96. The Hall–Kier alpha value is -2.90. The summed E-state index contributed by atoms with van der Waals surface area (Å²) < 4.78 is 26.6. The minimum atomic E-state index is -3.58. The lowest BCUT2D eigenvalue weighted by Crippen LogP contribution is -2.54. The molecule has 156 valence electrons. The van der Waals surface area contributed by atoms with Crippen molar-refractivity contribution in [1.29, 1.82) is 0 Å². The van der Waals surface area contributed by atoms with Crippen LogP contribution in [0.15, 0.2) is 18.2 Å². The third kappa shape index (κ3) is 3.71. The van der Waals surface area contributed by atoms with E-state index in [0.717, 1.165) is 21.3 Å². The first-order valence-corrected chi connectivity index (χ1v) is 10.0. The second-order valence-electron chi connectivity index (χ2n) is 6.75. The van der Waals surface area contributed by atoms with E-state index in [2.05, 4.69) is 0 Å². The number of fused-ring (bicyclic) bond motifs is 1. The predicted octanol–water partition coefficient (Wildman–Crippen LogP) is -0.859. The highest BCUT2D eigenvalue weighted by atomic mass is 32.2. The Kier molecular flexibility index (Phi) is 5.38. The summed E-state index contributed by atoms with van der Waals surface area (Å²) in [6, 6.07) is 3.34. The highest BCUT2D eigenvalue weighted by Crippen LogP contribution is 2.26. The first kappa shape index (κ1) is 20.8. The first-order chi connectivity index (χ1) is 13.5. The Morgan fingerprint density at radius 3 is 2.24 bits per heavy atom. The van der Waals surface area contributed by atoms with E-state index in [-0.39, 0.29) is 43.0 Å². The Morgan fingerprint density at radius 1 is 1.10 bits per heavy atom. The van der Waals surface area contributed by atoms with Crippen molar-refractivity contribution in [3.8, 4) is 0 Å². The summed E-state index contributed by atoms with van der Waals surface area (Å²) in [6.07, 6.45) is 0. The Labute approximate surface area is 166 Å². The molecule has 0 radical (unpaired) electrons. The van der Waals surface area contributed by atoms with Crippen LogP contribution in [0, 0.1) is 10.1 Å². The van der Waals surface area contributed by atoms with Gasteiger partial charge in [0.25, 0.3) is 27.7 Å². The zero-order valence-electron chi connectivity index (χ0n) is 15.8. The number of nitro benzene ring substituents is 1. The number of carbonyl (C=O) groups excluding carboxylic acids is 3. The van der Waals surface area contributed by atoms with Gasteiger partial charge in [0.1, 0.15) is 6.54 Å². The van der Waals surface area contributed by atoms with Gasteiger partial charge in [0.15, 0.2) is 0 Å². The number of hydrogen-bond donors (Lipinski definition) is 0. The number of carbonyl (C=O) groups is 3. The van der Waals surface area contributed by atoms with Crippen molar-refractivity contribution < 1.29 is 27.7 Å². The van der Waals surface area contributed by atoms with E-state index < -0.39 is 39.4 Å². The van der Waals surface area contributed by atoms with Crippen LogP contribution >= 0.6 is 0 Å². The fourth-order valence-electron chi connectivity index (χ4n) is 3.17. The molecule has 0 atom stereocenters. The summed E-state index contributed by atoms with van der Waals surface area (Å²) in [5, 5.41) is 10.9. The number of nitro groups is 1. The number of nitrogens with zero attached hydrogens (tertiary/aromatic N) is 5. The maximum Gasteiger partial charge on any atom is 0.281 e. The van der Waals surface area contributed by atoms with Crippen LogP contribution in [0.4, 0.5) is 5.69 Å². The van der Waals surface area contributed by atoms with Crippen LogP contribution in [0.5, 0.6) is 0 Å². The van der Waals surface area contributed by atoms with Crippen LogP contribution in [-0.4, -0.2) is 96.3 Å². The Balaban J connectivity index is 1.67. The van der Waals surface area contributed by atoms with Crippen molar-refractivity contribution in [2.75, 3.05) is 46.8 Å². The van der Waals surface area contributed by atoms with Crippen LogP contribution in [0.2, 0.25) is 0 Å². The van der Waals surface area contributed by atoms with E-state index in [9.17, 15) is 32.9 Å². The van der Waals surface area contributed by atoms with E-state index in [1.165, 1.54) is 29.4 Å². The topological polar surface area (TPSA) is 141 Å². The monoisotopic (exact) mass is 425 g/mol. The maximum atomic E-state index is 12.6. The van der Waals surface area contributed by atoms with Crippen molar-refractivity contribution in [2.24, 2.45) is 0 Å². The van der Waals surface area contributed by atoms with Crippen molar-refractivity contribution in [2.45, 2.75) is 0 Å². The smallest absolute Gasteiger partial charge is 0.281 e. The largest absolute Gasteiger partial charge is 0.338 e. The summed E-state index contributed by atoms with van der Waals surface area (Å²) in [5.41, 5.74) is -0.425. The quantitative estimate of drug-likeness (QED) is 0.339. The lowest BCUT2D eigenvalue weighted by atomic mass is 10.1. The summed E-state index contributed by atoms with van der Waals surface area (Å²) in [6.45, 7) is -0.0667. The number of piperazine rings is 1. The lowest BCUT2D eigenvalue weighted by Gasteiger charge is -2.35. The molecule has 0 bridgehead atoms. The number of benzene rings is 1. The second-order valence-corrected chi connectivity index (χ2v) is 8.90. The van der Waals surface area contributed by atoms with Crippen LogP contribution in [0.25, 0.3) is 0 Å². The minimum Gasteiger partial charge on any atom is -0.338 e. The number of hydrogen-bond acceptors (Lipinski definition) is 7. The number of imide groups is 1. The normalized spacial score (nSPS) is 17.8. The molecule has 1 saturated heterocycles. The van der Waals surface area contributed by atoms with E-state index >= 15 is 0 Å². The predicted molar refractivity (Wildman–Crippen MR) is 99.2 cm³/mol. The van der Waals surface area contributed by atoms with Gasteiger partial charge in [0.2, 0.25) is 5.91 Å². The van der Waals surface area contributed by atoms with Crippen LogP contribution in [0.1, 0.15) is 20.7 Å². The van der Waals surface area contributed by atoms with E-state index in [1.807, 2.05) is 0 Å². The number of rotatable bonds is 5. The standard InChI is InChI=1S/C16H19N5O7S/c1-17(2)29(27,28)19-7-5-18(6-8-19)14(22)10-20-15(23)12-4-3-11(21(25)26)9-13(12)16(20)24/h3-4,9H,5-8,10H2,1-2H3. The Bertz CT molecular complexity index is 999. The molecular formula is C16H19N5O7S. The lowest BCUT2D eigenvalue weighted by molar-refractivity contribution is -0.384. The summed E-state index contributed by atoms with van der Waals surface area (Å²) >= 11 is 0. The molecule has 0 N–H and O–H groups in total. The van der Waals surface area contributed by atoms with Gasteiger partial charge < -0.3 is 4.90 Å². The van der Waals surface area contributed by atoms with Crippen molar-refractivity contribution in [1.82, 2.24) is 18.4 Å². The molecule has 2 aliphatic heterocycles. The molecule has 0 unspecified atom stereocenters. The zero-order chi connectivity index (χ0) is 21.5. The zero-order valence-corrected chi connectivity index (χ0v) is 16.6. The number of non-ortho nitro benzene ring substituents is 1. The van der Waals surface area contributed by atoms with Gasteiger partial charge in [0.05, 0.1) is 16.1 Å². The van der Waals surface area contributed by atoms with Gasteiger partial charge in [-0.3, -0.25) is 29.4 Å². The molecule has 0 spiro atoms. The number of amides is 3. The van der Waals surface area contributed by atoms with Gasteiger partial charge in [-0.2, -0.15) is 17.0 Å². The molecule has 3 rings (SSSR count). The van der Waals surface area contributed by atoms with E-state index in [4.69, 9.17) is 0 Å². The molecule has 29 heavy (non-hydrogen) atoms. The van der Waals surface area contributed by atoms with E-state index in [0.29, 0.717) is 0 Å². The van der Waals surface area contributed by atoms with Crippen molar-refractivity contribution >= 4 is 33.6 Å². The van der Waals surface area contributed by atoms with Gasteiger partial charge in [-0.1, -0.05) is 0 Å². The maximum absolute atomic E-state index is 12.6. The van der Waals surface area contributed by atoms with Gasteiger partial charge in [0, 0.05) is 52.4 Å². The average Bonchev–Trinajstić information content (AvgIpc) is 2.92. The van der Waals surface area contributed by atoms with Crippen molar-refractivity contribution in [3.05, 3.63) is 39.4 Å². The summed E-state index contributed by atoms with van der Waals surface area (Å²) in [4.78, 5) is 49.8. The summed E-state index contributed by atoms with van der Waals surface area (Å²) in [7, 11) is -0.749. The van der Waals surface area contributed by atoms with Gasteiger partial charge in [-0.15, -0.1) is 0 Å². The molecule has 0 aromatic heterocycles. The van der Waals surface area contributed by atoms with Gasteiger partial charge in [-0.25, -0.2) is 0 Å². The third-order valence-corrected chi connectivity index (χ3v) is 6.78. The molecule has 12 nitrogen and oxygen atoms in total. The highest BCUT2D eigenvalue weighted by Gasteiger charge is 2.39. The molecule has 3 amide bonds. The third-order valence-electron chi connectivity index (χ3n) is 4.84. The van der Waals surface area contributed by atoms with Crippen molar-refractivity contribution in [3.63, 3.8) is 0 Å². The fourth-order valence-corrected chi connectivity index (χ4v) is 4.26. The molecule has 0 saturated carbocycles. The average molecular weight is 425 g/mol. The van der Waals surface area contributed by atoms with Crippen LogP contribution in [0.3, 0.4) is 0 Å². The molecule has 1 fully saturated rings. The van der Waals surface area contributed by atoms with Crippen LogP contribution in [-0.2, 0) is 15.0 Å². The molecule has 13 heteroatoms. The molecule has 2 aliphatic rings. The molecule has 0 aliphatic carbocycles. The van der Waals surface area contributed by atoms with Gasteiger partial charge in [-0.05, 0) is 6.07 Å². The first-order valence-electron chi connectivity index (χ1n) is 8.64. The Morgan fingerprint density at radius 2 is 1.69 bits per heavy atom. The molecule has 1 aromatic rings. The van der Waals surface area contributed by atoms with E-state index in [1.54, 1.807) is 0 Å². The minimum absolute atomic E-state index is 0.00953. The SMILES string of the molecule is CN(C)S(=O)(=O)N1CCN(C(=O)CN2C(=O)c3ccc([N+](=O)[O-])cc3C2=O)CC1. The molecule has 1 aromatic carbocycles. The van der Waals surface area contributed by atoms with Gasteiger partial charge >= 0.3 is 0 Å². The molecular weight excluding hydrogens is 406 g/mol. The molecule has 2 heterocycles.